The molecular weight excluding hydrogens is 388 g/mol. The minimum atomic E-state index is -0.705. The van der Waals surface area contributed by atoms with Gasteiger partial charge in [-0.2, -0.15) is 0 Å². The summed E-state index contributed by atoms with van der Waals surface area (Å²) in [5.74, 6) is 0. The molecule has 4 saturated heterocycles. The Balaban J connectivity index is 1.17. The molecule has 0 aliphatic carbocycles. The molecule has 2 N–H and O–H groups in total. The average molecular weight is 425 g/mol. The third-order valence-electron chi connectivity index (χ3n) is 9.21. The van der Waals surface area contributed by atoms with Crippen LogP contribution in [0.15, 0.2) is 24.3 Å². The number of benzene rings is 1. The summed E-state index contributed by atoms with van der Waals surface area (Å²) >= 11 is 0. The molecule has 1 aromatic carbocycles. The first-order chi connectivity index (χ1) is 15.1. The van der Waals surface area contributed by atoms with Crippen LogP contribution in [0.1, 0.15) is 56.9 Å². The van der Waals surface area contributed by atoms with Crippen LogP contribution in [-0.4, -0.2) is 77.9 Å². The van der Waals surface area contributed by atoms with Gasteiger partial charge in [0, 0.05) is 41.8 Å². The van der Waals surface area contributed by atoms with Crippen molar-refractivity contribution in [2.24, 2.45) is 0 Å². The Bertz CT molecular complexity index is 817. The van der Waals surface area contributed by atoms with Gasteiger partial charge in [0.1, 0.15) is 0 Å². The number of nitrogens with zero attached hydrogens (tertiary/aromatic N) is 3. The maximum atomic E-state index is 11.6. The number of carbonyl (C=O) groups is 1. The van der Waals surface area contributed by atoms with Gasteiger partial charge in [0.15, 0.2) is 0 Å². The molecule has 4 fully saturated rings. The molecule has 0 aromatic heterocycles. The van der Waals surface area contributed by atoms with Gasteiger partial charge in [0.2, 0.25) is 0 Å². The van der Waals surface area contributed by atoms with Gasteiger partial charge in [-0.15, -0.1) is 0 Å². The topological polar surface area (TPSA) is 59.1 Å². The first-order valence-electron chi connectivity index (χ1n) is 12.5. The van der Waals surface area contributed by atoms with E-state index in [-0.39, 0.29) is 12.1 Å². The van der Waals surface area contributed by atoms with Gasteiger partial charge in [0.05, 0.1) is 0 Å². The summed E-state index contributed by atoms with van der Waals surface area (Å²) < 4.78 is 0. The molecular formula is C25H36N4O2. The van der Waals surface area contributed by atoms with Crippen LogP contribution < -0.4 is 10.2 Å². The number of anilines is 1. The molecule has 2 bridgehead atoms. The molecule has 5 aliphatic heterocycles. The molecule has 31 heavy (non-hydrogen) atoms. The van der Waals surface area contributed by atoms with Crippen LogP contribution in [-0.2, 0) is 5.41 Å². The van der Waals surface area contributed by atoms with Crippen molar-refractivity contribution >= 4 is 11.8 Å². The molecule has 1 aromatic rings. The van der Waals surface area contributed by atoms with Gasteiger partial charge in [-0.25, -0.2) is 4.79 Å². The molecule has 6 rings (SSSR count). The van der Waals surface area contributed by atoms with Crippen molar-refractivity contribution in [2.45, 2.75) is 80.9 Å². The van der Waals surface area contributed by atoms with Crippen LogP contribution >= 0.6 is 0 Å². The van der Waals surface area contributed by atoms with Crippen molar-refractivity contribution in [3.63, 3.8) is 0 Å². The van der Waals surface area contributed by atoms with Gasteiger partial charge in [-0.05, 0) is 89.2 Å². The predicted molar refractivity (Wildman–Crippen MR) is 122 cm³/mol. The van der Waals surface area contributed by atoms with E-state index in [1.807, 2.05) is 0 Å². The molecule has 2 atom stereocenters. The normalized spacial score (nSPS) is 33.1. The van der Waals surface area contributed by atoms with E-state index in [0.29, 0.717) is 17.5 Å². The highest BCUT2D eigenvalue weighted by molar-refractivity contribution is 5.66. The summed E-state index contributed by atoms with van der Waals surface area (Å²) in [7, 11) is 0. The molecule has 5 heterocycles. The zero-order valence-corrected chi connectivity index (χ0v) is 18.5. The van der Waals surface area contributed by atoms with Crippen LogP contribution in [0.2, 0.25) is 0 Å². The smallest absolute Gasteiger partial charge is 0.407 e. The summed E-state index contributed by atoms with van der Waals surface area (Å²) in [6, 6.07) is 11.0. The lowest BCUT2D eigenvalue weighted by Gasteiger charge is -2.47. The highest BCUT2D eigenvalue weighted by atomic mass is 16.4. The predicted octanol–water partition coefficient (Wildman–Crippen LogP) is 3.27. The quantitative estimate of drug-likeness (QED) is 0.763. The fraction of sp³-hybridized carbons (Fsp3) is 0.720. The highest BCUT2D eigenvalue weighted by Gasteiger charge is 2.49. The number of nitrogens with one attached hydrogen (secondary N) is 1. The third-order valence-corrected chi connectivity index (χ3v) is 9.21. The van der Waals surface area contributed by atoms with Crippen molar-refractivity contribution in [1.29, 1.82) is 0 Å². The Morgan fingerprint density at radius 3 is 2.29 bits per heavy atom. The first-order valence-corrected chi connectivity index (χ1v) is 12.5. The Morgan fingerprint density at radius 2 is 1.61 bits per heavy atom. The van der Waals surface area contributed by atoms with Crippen molar-refractivity contribution < 1.29 is 9.90 Å². The van der Waals surface area contributed by atoms with E-state index in [1.54, 1.807) is 10.5 Å². The monoisotopic (exact) mass is 424 g/mol. The number of rotatable bonds is 2. The Labute approximate surface area is 185 Å². The van der Waals surface area contributed by atoms with E-state index in [0.717, 1.165) is 51.9 Å². The van der Waals surface area contributed by atoms with E-state index >= 15 is 0 Å². The number of piperidine rings is 3. The largest absolute Gasteiger partial charge is 0.465 e. The number of hydrogen-bond acceptors (Lipinski definition) is 4. The van der Waals surface area contributed by atoms with Gasteiger partial charge in [-0.3, -0.25) is 0 Å². The van der Waals surface area contributed by atoms with E-state index in [2.05, 4.69) is 39.4 Å². The molecule has 6 nitrogen and oxygen atoms in total. The number of hydrogen-bond donors (Lipinski definition) is 2. The van der Waals surface area contributed by atoms with Crippen molar-refractivity contribution in [2.75, 3.05) is 37.6 Å². The lowest BCUT2D eigenvalue weighted by molar-refractivity contribution is 0.0385. The van der Waals surface area contributed by atoms with Gasteiger partial charge >= 0.3 is 6.09 Å². The van der Waals surface area contributed by atoms with E-state index in [9.17, 15) is 9.90 Å². The molecule has 6 heteroatoms. The standard InChI is InChI=1S/C25H36N4O2/c30-24(31)29-19-5-6-20(29)16-21(15-19)27-13-9-25(10-14-27)17-28(18-7-11-26-12-8-18)23-4-2-1-3-22(23)25/h1-4,18-21,26H,5-17H2,(H,30,31). The third kappa shape index (κ3) is 3.25. The zero-order valence-electron chi connectivity index (χ0n) is 18.5. The number of fused-ring (bicyclic) bond motifs is 4. The second kappa shape index (κ2) is 7.66. The SMILES string of the molecule is O=C(O)N1C2CCC1CC(N1CCC3(CC1)CN(C1CCNCC1)c1ccccc13)C2. The summed E-state index contributed by atoms with van der Waals surface area (Å²) in [4.78, 5) is 18.9. The molecule has 5 aliphatic rings. The molecule has 1 spiro atoms. The van der Waals surface area contributed by atoms with Gasteiger partial charge < -0.3 is 25.1 Å². The molecule has 0 saturated carbocycles. The fourth-order valence-corrected chi connectivity index (χ4v) is 7.62. The highest BCUT2D eigenvalue weighted by Crippen LogP contribution is 2.49. The van der Waals surface area contributed by atoms with Crippen LogP contribution in [0.5, 0.6) is 0 Å². The molecule has 1 amide bonds. The van der Waals surface area contributed by atoms with Gasteiger partial charge in [0.25, 0.3) is 0 Å². The van der Waals surface area contributed by atoms with Crippen LogP contribution in [0.3, 0.4) is 0 Å². The summed E-state index contributed by atoms with van der Waals surface area (Å²) in [5.41, 5.74) is 3.39. The lowest BCUT2D eigenvalue weighted by atomic mass is 9.73. The number of amides is 1. The second-order valence-corrected chi connectivity index (χ2v) is 10.6. The number of likely N-dealkylation sites (tertiary alicyclic amines) is 1. The minimum absolute atomic E-state index is 0.250. The van der Waals surface area contributed by atoms with Crippen molar-refractivity contribution in [1.82, 2.24) is 15.1 Å². The maximum absolute atomic E-state index is 11.6. The molecule has 0 radical (unpaired) electrons. The number of para-hydroxylation sites is 1. The van der Waals surface area contributed by atoms with Crippen LogP contribution in [0.25, 0.3) is 0 Å². The molecule has 2 unspecified atom stereocenters. The minimum Gasteiger partial charge on any atom is -0.465 e. The van der Waals surface area contributed by atoms with Crippen molar-refractivity contribution in [3.05, 3.63) is 29.8 Å². The Hall–Kier alpha value is -1.79. The van der Waals surface area contributed by atoms with Crippen LogP contribution in [0, 0.1) is 0 Å². The van der Waals surface area contributed by atoms with E-state index in [1.165, 1.54) is 37.9 Å². The summed E-state index contributed by atoms with van der Waals surface area (Å²) in [5, 5.41) is 13.1. The molecule has 168 valence electrons. The fourth-order valence-electron chi connectivity index (χ4n) is 7.62. The van der Waals surface area contributed by atoms with Gasteiger partial charge in [-0.1, -0.05) is 18.2 Å². The first kappa shape index (κ1) is 19.9. The lowest BCUT2D eigenvalue weighted by Crippen LogP contribution is -2.55. The van der Waals surface area contributed by atoms with Crippen LogP contribution in [0.4, 0.5) is 10.5 Å². The Morgan fingerprint density at radius 1 is 0.935 bits per heavy atom. The number of carboxylic acid groups (broad SMARTS) is 1. The average Bonchev–Trinajstić information content (AvgIpc) is 3.27. The summed E-state index contributed by atoms with van der Waals surface area (Å²) in [6.45, 7) is 5.79. The van der Waals surface area contributed by atoms with E-state index < -0.39 is 6.09 Å². The zero-order chi connectivity index (χ0) is 21.0. The maximum Gasteiger partial charge on any atom is 0.407 e. The summed E-state index contributed by atoms with van der Waals surface area (Å²) in [6.07, 6.45) is 8.46. The second-order valence-electron chi connectivity index (χ2n) is 10.6. The van der Waals surface area contributed by atoms with E-state index in [4.69, 9.17) is 0 Å². The Kier molecular flexibility index (Phi) is 4.91. The van der Waals surface area contributed by atoms with Crippen molar-refractivity contribution in [3.8, 4) is 0 Å².